The Morgan fingerprint density at radius 1 is 1.23 bits per heavy atom. The van der Waals surface area contributed by atoms with Crippen molar-refractivity contribution in [2.24, 2.45) is 0 Å². The highest BCUT2D eigenvalue weighted by Crippen LogP contribution is 2.15. The first-order valence-electron chi connectivity index (χ1n) is 9.41. The number of benzene rings is 1. The molecule has 1 aromatic carbocycles. The van der Waals surface area contributed by atoms with Crippen LogP contribution in [0, 0.1) is 0 Å². The van der Waals surface area contributed by atoms with Crippen LogP contribution in [-0.4, -0.2) is 80.8 Å². The molecule has 0 bridgehead atoms. The maximum absolute atomic E-state index is 12.3. The highest BCUT2D eigenvalue weighted by Gasteiger charge is 2.21. The zero-order chi connectivity index (χ0) is 18.2. The number of amides is 1. The van der Waals surface area contributed by atoms with Crippen LogP contribution >= 0.6 is 11.6 Å². The van der Waals surface area contributed by atoms with Gasteiger partial charge in [0, 0.05) is 50.9 Å². The fourth-order valence-electron chi connectivity index (χ4n) is 3.30. The van der Waals surface area contributed by atoms with Gasteiger partial charge in [-0.05, 0) is 37.1 Å². The molecular weight excluding hydrogens is 354 g/mol. The minimum atomic E-state index is 0.181. The summed E-state index contributed by atoms with van der Waals surface area (Å²) in [5.74, 6) is 1.01. The van der Waals surface area contributed by atoms with Crippen LogP contribution in [0.2, 0.25) is 5.02 Å². The van der Waals surface area contributed by atoms with E-state index in [4.69, 9.17) is 21.1 Å². The van der Waals surface area contributed by atoms with Crippen molar-refractivity contribution < 1.29 is 14.3 Å². The summed E-state index contributed by atoms with van der Waals surface area (Å²) in [7, 11) is 0. The number of hydrogen-bond acceptors (Lipinski definition) is 5. The average Bonchev–Trinajstić information content (AvgIpc) is 3.17. The molecule has 2 heterocycles. The molecule has 0 radical (unpaired) electrons. The summed E-state index contributed by atoms with van der Waals surface area (Å²) in [4.78, 5) is 16.6. The molecule has 1 unspecified atom stereocenters. The number of carbonyl (C=O) groups is 1. The minimum Gasteiger partial charge on any atom is -0.492 e. The van der Waals surface area contributed by atoms with Gasteiger partial charge in [-0.2, -0.15) is 0 Å². The molecule has 1 N–H and O–H groups in total. The second kappa shape index (κ2) is 10.1. The Hall–Kier alpha value is -1.34. The highest BCUT2D eigenvalue weighted by atomic mass is 35.5. The molecule has 0 aromatic heterocycles. The number of piperazine rings is 1. The van der Waals surface area contributed by atoms with Crippen molar-refractivity contribution >= 4 is 17.5 Å². The Bertz CT molecular complexity index is 556. The minimum absolute atomic E-state index is 0.181. The molecule has 2 aliphatic rings. The van der Waals surface area contributed by atoms with Gasteiger partial charge in [-0.25, -0.2) is 0 Å². The number of halogens is 1. The first-order valence-corrected chi connectivity index (χ1v) is 9.79. The maximum Gasteiger partial charge on any atom is 0.236 e. The molecule has 0 saturated carbocycles. The van der Waals surface area contributed by atoms with Crippen LogP contribution in [0.15, 0.2) is 24.3 Å². The van der Waals surface area contributed by atoms with Crippen LogP contribution in [0.5, 0.6) is 5.75 Å². The van der Waals surface area contributed by atoms with Crippen LogP contribution in [0.4, 0.5) is 0 Å². The Balaban J connectivity index is 1.27. The number of nitrogens with one attached hydrogen (secondary N) is 1. The molecule has 0 aliphatic carbocycles. The van der Waals surface area contributed by atoms with E-state index in [1.54, 1.807) is 0 Å². The summed E-state index contributed by atoms with van der Waals surface area (Å²) < 4.78 is 11.3. The predicted molar refractivity (Wildman–Crippen MR) is 102 cm³/mol. The van der Waals surface area contributed by atoms with Crippen molar-refractivity contribution in [3.05, 3.63) is 29.3 Å². The van der Waals surface area contributed by atoms with E-state index in [9.17, 15) is 4.79 Å². The van der Waals surface area contributed by atoms with Crippen LogP contribution in [0.1, 0.15) is 12.8 Å². The van der Waals surface area contributed by atoms with Crippen molar-refractivity contribution in [3.8, 4) is 5.75 Å². The zero-order valence-electron chi connectivity index (χ0n) is 15.2. The molecule has 2 aliphatic heterocycles. The predicted octanol–water partition coefficient (Wildman–Crippen LogP) is 1.63. The Morgan fingerprint density at radius 3 is 2.69 bits per heavy atom. The van der Waals surface area contributed by atoms with Gasteiger partial charge in [-0.1, -0.05) is 11.6 Å². The van der Waals surface area contributed by atoms with Crippen molar-refractivity contribution in [3.63, 3.8) is 0 Å². The lowest BCUT2D eigenvalue weighted by molar-refractivity contribution is -0.132. The number of carbonyl (C=O) groups excluding carboxylic acids is 1. The first kappa shape index (κ1) is 19.4. The molecule has 1 aromatic rings. The summed E-state index contributed by atoms with van der Waals surface area (Å²) in [6, 6.07) is 7.41. The second-order valence-corrected chi connectivity index (χ2v) is 7.23. The molecule has 26 heavy (non-hydrogen) atoms. The second-order valence-electron chi connectivity index (χ2n) is 6.79. The smallest absolute Gasteiger partial charge is 0.236 e. The summed E-state index contributed by atoms with van der Waals surface area (Å²) in [6.45, 7) is 6.86. The van der Waals surface area contributed by atoms with Gasteiger partial charge in [0.1, 0.15) is 12.4 Å². The fraction of sp³-hybridized carbons (Fsp3) is 0.632. The van der Waals surface area contributed by atoms with E-state index >= 15 is 0 Å². The van der Waals surface area contributed by atoms with E-state index in [1.165, 1.54) is 0 Å². The quantitative estimate of drug-likeness (QED) is 0.741. The normalized spacial score (nSPS) is 21.1. The standard InChI is InChI=1S/C19H28ClN3O3/c20-16-3-5-17(6-4-16)26-13-11-22-7-9-23(10-8-22)19(24)15-21-14-18-2-1-12-25-18/h3-6,18,21H,1-2,7-15H2. The average molecular weight is 382 g/mol. The van der Waals surface area contributed by atoms with Crippen LogP contribution in [0.3, 0.4) is 0 Å². The van der Waals surface area contributed by atoms with E-state index in [2.05, 4.69) is 10.2 Å². The Morgan fingerprint density at radius 2 is 2.00 bits per heavy atom. The van der Waals surface area contributed by atoms with Gasteiger partial charge < -0.3 is 19.7 Å². The third-order valence-corrected chi connectivity index (χ3v) is 5.14. The third kappa shape index (κ3) is 6.13. The number of nitrogens with zero attached hydrogens (tertiary/aromatic N) is 2. The SMILES string of the molecule is O=C(CNCC1CCCO1)N1CCN(CCOc2ccc(Cl)cc2)CC1. The molecule has 144 valence electrons. The van der Waals surface area contributed by atoms with Crippen LogP contribution in [0.25, 0.3) is 0 Å². The summed E-state index contributed by atoms with van der Waals surface area (Å²) in [6.07, 6.45) is 2.50. The maximum atomic E-state index is 12.3. The summed E-state index contributed by atoms with van der Waals surface area (Å²) in [5, 5.41) is 3.94. The van der Waals surface area contributed by atoms with Gasteiger partial charge >= 0.3 is 0 Å². The van der Waals surface area contributed by atoms with Gasteiger partial charge in [0.2, 0.25) is 5.91 Å². The molecule has 1 amide bonds. The number of ether oxygens (including phenoxy) is 2. The Kier molecular flexibility index (Phi) is 7.55. The first-order chi connectivity index (χ1) is 12.7. The van der Waals surface area contributed by atoms with Crippen molar-refractivity contribution in [2.45, 2.75) is 18.9 Å². The molecule has 6 nitrogen and oxygen atoms in total. The molecule has 3 rings (SSSR count). The molecular formula is C19H28ClN3O3. The highest BCUT2D eigenvalue weighted by molar-refractivity contribution is 6.30. The van der Waals surface area contributed by atoms with E-state index in [0.29, 0.717) is 18.2 Å². The Labute approximate surface area is 160 Å². The van der Waals surface area contributed by atoms with Crippen molar-refractivity contribution in [2.75, 3.05) is 59.0 Å². The van der Waals surface area contributed by atoms with Gasteiger partial charge in [0.25, 0.3) is 0 Å². The molecule has 2 saturated heterocycles. The van der Waals surface area contributed by atoms with E-state index in [1.807, 2.05) is 29.2 Å². The van der Waals surface area contributed by atoms with Crippen molar-refractivity contribution in [1.82, 2.24) is 15.1 Å². The lowest BCUT2D eigenvalue weighted by Gasteiger charge is -2.34. The fourth-order valence-corrected chi connectivity index (χ4v) is 3.43. The molecule has 0 spiro atoms. The zero-order valence-corrected chi connectivity index (χ0v) is 15.9. The molecule has 7 heteroatoms. The third-order valence-electron chi connectivity index (χ3n) is 4.89. The van der Waals surface area contributed by atoms with Crippen LogP contribution in [-0.2, 0) is 9.53 Å². The van der Waals surface area contributed by atoms with E-state index in [0.717, 1.165) is 64.5 Å². The van der Waals surface area contributed by atoms with Gasteiger partial charge in [-0.3, -0.25) is 9.69 Å². The van der Waals surface area contributed by atoms with Crippen molar-refractivity contribution in [1.29, 1.82) is 0 Å². The number of rotatable bonds is 8. The number of hydrogen-bond donors (Lipinski definition) is 1. The monoisotopic (exact) mass is 381 g/mol. The van der Waals surface area contributed by atoms with Gasteiger partial charge in [0.05, 0.1) is 12.6 Å². The largest absolute Gasteiger partial charge is 0.492 e. The molecule has 1 atom stereocenters. The lowest BCUT2D eigenvalue weighted by Crippen LogP contribution is -2.51. The summed E-state index contributed by atoms with van der Waals surface area (Å²) in [5.41, 5.74) is 0. The van der Waals surface area contributed by atoms with E-state index in [-0.39, 0.29) is 12.0 Å². The van der Waals surface area contributed by atoms with E-state index < -0.39 is 0 Å². The van der Waals surface area contributed by atoms with Gasteiger partial charge in [0.15, 0.2) is 0 Å². The van der Waals surface area contributed by atoms with Gasteiger partial charge in [-0.15, -0.1) is 0 Å². The molecule has 2 fully saturated rings. The topological polar surface area (TPSA) is 54.0 Å². The van der Waals surface area contributed by atoms with Crippen LogP contribution < -0.4 is 10.1 Å². The summed E-state index contributed by atoms with van der Waals surface area (Å²) >= 11 is 5.86. The lowest BCUT2D eigenvalue weighted by atomic mass is 10.2.